The minimum atomic E-state index is -4.96. The van der Waals surface area contributed by atoms with E-state index >= 15 is 0 Å². The first-order chi connectivity index (χ1) is 14.0. The normalized spacial score (nSPS) is 13.1. The molecule has 30 heavy (non-hydrogen) atoms. The van der Waals surface area contributed by atoms with E-state index < -0.39 is 55.7 Å². The van der Waals surface area contributed by atoms with Crippen molar-refractivity contribution in [2.24, 2.45) is 5.73 Å². The summed E-state index contributed by atoms with van der Waals surface area (Å²) in [7, 11) is -4.35. The zero-order chi connectivity index (χ0) is 22.1. The summed E-state index contributed by atoms with van der Waals surface area (Å²) in [6.45, 7) is 0. The monoisotopic (exact) mass is 464 g/mol. The smallest absolute Gasteiger partial charge is 0.366 e. The van der Waals surface area contributed by atoms with Crippen LogP contribution in [0.4, 0.5) is 33.5 Å². The van der Waals surface area contributed by atoms with Crippen molar-refractivity contribution < 1.29 is 30.4 Å². The van der Waals surface area contributed by atoms with Crippen molar-refractivity contribution in [3.8, 4) is 0 Å². The first-order valence-electron chi connectivity index (χ1n) is 8.07. The maximum absolute atomic E-state index is 13.9. The van der Waals surface area contributed by atoms with Gasteiger partial charge in [-0.2, -0.15) is 13.2 Å². The number of nitrogens with zero attached hydrogens (tertiary/aromatic N) is 1. The van der Waals surface area contributed by atoms with Crippen LogP contribution < -0.4 is 15.8 Å². The quantitative estimate of drug-likeness (QED) is 0.373. The Hall–Kier alpha value is -2.77. The molecule has 0 aliphatic heterocycles. The predicted octanol–water partition coefficient (Wildman–Crippen LogP) is 4.31. The minimum Gasteiger partial charge on any atom is -0.366 e. The topological polar surface area (TPSA) is 97.1 Å². The van der Waals surface area contributed by atoms with Crippen molar-refractivity contribution in [1.82, 2.24) is 4.98 Å². The number of halogens is 5. The SMILES string of the molecule is N[C@H](Nc1ccc(S(=O)(=O)Nc2cscn2)cc1C(F)(F)F)c1cc(F)ccc1F. The first kappa shape index (κ1) is 21.9. The van der Waals surface area contributed by atoms with Crippen LogP contribution in [0.3, 0.4) is 0 Å². The summed E-state index contributed by atoms with van der Waals surface area (Å²) in [4.78, 5) is 3.05. The molecule has 1 aromatic heterocycles. The third kappa shape index (κ3) is 4.86. The molecule has 13 heteroatoms. The van der Waals surface area contributed by atoms with E-state index in [1.807, 2.05) is 0 Å². The summed E-state index contributed by atoms with van der Waals surface area (Å²) >= 11 is 1.09. The zero-order valence-electron chi connectivity index (χ0n) is 14.7. The van der Waals surface area contributed by atoms with Crippen molar-refractivity contribution in [3.63, 3.8) is 0 Å². The van der Waals surface area contributed by atoms with E-state index in [-0.39, 0.29) is 5.82 Å². The van der Waals surface area contributed by atoms with Crippen LogP contribution in [0.5, 0.6) is 0 Å². The summed E-state index contributed by atoms with van der Waals surface area (Å²) in [6, 6.07) is 4.54. The summed E-state index contributed by atoms with van der Waals surface area (Å²) in [5.74, 6) is -1.79. The zero-order valence-corrected chi connectivity index (χ0v) is 16.4. The molecule has 1 atom stereocenters. The van der Waals surface area contributed by atoms with E-state index in [4.69, 9.17) is 5.73 Å². The van der Waals surface area contributed by atoms with Gasteiger partial charge in [0.05, 0.1) is 16.0 Å². The molecule has 0 unspecified atom stereocenters. The Morgan fingerprint density at radius 1 is 1.10 bits per heavy atom. The van der Waals surface area contributed by atoms with Gasteiger partial charge in [0, 0.05) is 16.6 Å². The fraction of sp³-hybridized carbons (Fsp3) is 0.118. The van der Waals surface area contributed by atoms with Gasteiger partial charge in [0.2, 0.25) is 0 Å². The second-order valence-corrected chi connectivity index (χ2v) is 8.37. The van der Waals surface area contributed by atoms with Crippen molar-refractivity contribution >= 4 is 32.9 Å². The highest BCUT2D eigenvalue weighted by Gasteiger charge is 2.35. The number of hydrogen-bond acceptors (Lipinski definition) is 6. The number of benzene rings is 2. The number of nitrogens with two attached hydrogens (primary N) is 1. The molecule has 0 spiro atoms. The van der Waals surface area contributed by atoms with E-state index in [9.17, 15) is 30.4 Å². The average molecular weight is 464 g/mol. The van der Waals surface area contributed by atoms with Gasteiger partial charge in [0.15, 0.2) is 5.82 Å². The van der Waals surface area contributed by atoms with Crippen LogP contribution >= 0.6 is 11.3 Å². The molecular weight excluding hydrogens is 451 g/mol. The highest BCUT2D eigenvalue weighted by atomic mass is 32.2. The number of nitrogens with one attached hydrogen (secondary N) is 2. The van der Waals surface area contributed by atoms with Crippen LogP contribution in [-0.4, -0.2) is 13.4 Å². The lowest BCUT2D eigenvalue weighted by molar-refractivity contribution is -0.137. The van der Waals surface area contributed by atoms with Gasteiger partial charge in [0.25, 0.3) is 10.0 Å². The van der Waals surface area contributed by atoms with Crippen molar-refractivity contribution in [3.05, 3.63) is 70.1 Å². The third-order valence-electron chi connectivity index (χ3n) is 3.88. The minimum absolute atomic E-state index is 0.0423. The van der Waals surface area contributed by atoms with E-state index in [0.29, 0.717) is 6.07 Å². The van der Waals surface area contributed by atoms with Gasteiger partial charge in [-0.3, -0.25) is 4.72 Å². The van der Waals surface area contributed by atoms with Crippen LogP contribution in [-0.2, 0) is 16.2 Å². The Kier molecular flexibility index (Phi) is 5.97. The molecule has 4 N–H and O–H groups in total. The highest BCUT2D eigenvalue weighted by molar-refractivity contribution is 7.92. The molecule has 2 aromatic carbocycles. The van der Waals surface area contributed by atoms with Crippen LogP contribution in [0.1, 0.15) is 17.3 Å². The molecule has 0 saturated carbocycles. The van der Waals surface area contributed by atoms with Crippen molar-refractivity contribution in [2.75, 3.05) is 10.0 Å². The summed E-state index contributed by atoms with van der Waals surface area (Å²) in [5, 5.41) is 3.62. The number of anilines is 2. The molecule has 0 amide bonds. The maximum Gasteiger partial charge on any atom is 0.418 e. The Labute approximate surface area is 171 Å². The lowest BCUT2D eigenvalue weighted by Crippen LogP contribution is -2.24. The number of hydrogen-bond donors (Lipinski definition) is 3. The number of sulfonamides is 1. The highest BCUT2D eigenvalue weighted by Crippen LogP contribution is 2.37. The van der Waals surface area contributed by atoms with E-state index in [2.05, 4.69) is 15.0 Å². The Balaban J connectivity index is 1.96. The van der Waals surface area contributed by atoms with Gasteiger partial charge in [0.1, 0.15) is 17.8 Å². The summed E-state index contributed by atoms with van der Waals surface area (Å²) < 4.78 is 94.6. The molecule has 0 fully saturated rings. The van der Waals surface area contributed by atoms with E-state index in [0.717, 1.165) is 41.7 Å². The second-order valence-electron chi connectivity index (χ2n) is 5.97. The predicted molar refractivity (Wildman–Crippen MR) is 101 cm³/mol. The van der Waals surface area contributed by atoms with Crippen molar-refractivity contribution in [2.45, 2.75) is 17.2 Å². The van der Waals surface area contributed by atoms with Crippen LogP contribution in [0.25, 0.3) is 0 Å². The Morgan fingerprint density at radius 3 is 2.47 bits per heavy atom. The molecule has 0 radical (unpaired) electrons. The summed E-state index contributed by atoms with van der Waals surface area (Å²) in [6.07, 6.45) is -6.49. The molecule has 3 rings (SSSR count). The molecule has 0 aliphatic rings. The molecule has 160 valence electrons. The van der Waals surface area contributed by atoms with Gasteiger partial charge in [-0.15, -0.1) is 11.3 Å². The third-order valence-corrected chi connectivity index (χ3v) is 5.82. The van der Waals surface area contributed by atoms with E-state index in [1.54, 1.807) is 0 Å². The first-order valence-corrected chi connectivity index (χ1v) is 10.5. The lowest BCUT2D eigenvalue weighted by Gasteiger charge is -2.21. The van der Waals surface area contributed by atoms with E-state index in [1.165, 1.54) is 10.9 Å². The Bertz CT molecular complexity index is 1150. The molecule has 0 bridgehead atoms. The van der Waals surface area contributed by atoms with Crippen molar-refractivity contribution in [1.29, 1.82) is 0 Å². The Morgan fingerprint density at radius 2 is 1.83 bits per heavy atom. The molecule has 1 heterocycles. The molecule has 6 nitrogen and oxygen atoms in total. The van der Waals surface area contributed by atoms with Gasteiger partial charge < -0.3 is 11.1 Å². The molecule has 0 saturated heterocycles. The molecule has 0 aliphatic carbocycles. The second kappa shape index (κ2) is 8.16. The largest absolute Gasteiger partial charge is 0.418 e. The fourth-order valence-electron chi connectivity index (χ4n) is 2.51. The number of aromatic nitrogens is 1. The van der Waals surface area contributed by atoms with Crippen LogP contribution in [0.2, 0.25) is 0 Å². The van der Waals surface area contributed by atoms with Gasteiger partial charge in [-0.1, -0.05) is 0 Å². The number of alkyl halides is 3. The number of thiazole rings is 1. The average Bonchev–Trinajstić information content (AvgIpc) is 3.15. The van der Waals surface area contributed by atoms with Gasteiger partial charge >= 0.3 is 6.18 Å². The standard InChI is InChI=1S/C17H13F5N4O2S2/c18-9-1-3-13(19)11(5-9)16(23)25-14-4-2-10(6-12(14)17(20,21)22)30(27,28)26-15-7-29-8-24-15/h1-8,16,25-26H,23H2/t16-/m1/s1. The van der Waals surface area contributed by atoms with Gasteiger partial charge in [-0.25, -0.2) is 22.2 Å². The maximum atomic E-state index is 13.9. The van der Waals surface area contributed by atoms with Crippen LogP contribution in [0.15, 0.2) is 52.2 Å². The molecular formula is C17H13F5N4O2S2. The lowest BCUT2D eigenvalue weighted by atomic mass is 10.1. The van der Waals surface area contributed by atoms with Crippen LogP contribution in [0, 0.1) is 11.6 Å². The number of rotatable bonds is 6. The van der Waals surface area contributed by atoms with Gasteiger partial charge in [-0.05, 0) is 36.4 Å². The fourth-order valence-corrected chi connectivity index (χ4v) is 4.09. The summed E-state index contributed by atoms with van der Waals surface area (Å²) in [5.41, 5.74) is 4.69. The molecule has 3 aromatic rings.